The van der Waals surface area contributed by atoms with Crippen LogP contribution < -0.4 is 5.32 Å². The third-order valence-corrected chi connectivity index (χ3v) is 8.40. The predicted molar refractivity (Wildman–Crippen MR) is 132 cm³/mol. The maximum atomic E-state index is 12.9. The Hall–Kier alpha value is -2.19. The van der Waals surface area contributed by atoms with Gasteiger partial charge in [0.05, 0.1) is 0 Å². The number of carbonyl (C=O) groups excluding carboxylic acids is 1. The van der Waals surface area contributed by atoms with Crippen molar-refractivity contribution in [1.82, 2.24) is 15.1 Å². The topological polar surface area (TPSA) is 82.1 Å². The molecule has 4 rings (SSSR count). The van der Waals surface area contributed by atoms with Crippen molar-refractivity contribution in [2.75, 3.05) is 39.3 Å². The van der Waals surface area contributed by atoms with Crippen LogP contribution in [0.2, 0.25) is 0 Å². The number of hydrogen-bond donors (Lipinski definition) is 1. The minimum atomic E-state index is -3.72. The van der Waals surface area contributed by atoms with Crippen LogP contribution in [0.25, 0.3) is 4.91 Å². The van der Waals surface area contributed by atoms with Gasteiger partial charge >= 0.3 is 0 Å². The zero-order valence-corrected chi connectivity index (χ0v) is 20.7. The van der Waals surface area contributed by atoms with Gasteiger partial charge in [0.15, 0.2) is 0 Å². The SMILES string of the molecule is CCC1=C(c2ccc(C)cc2)S(=O)(=O)N=C1N1CCC(C(=O)NCCCN2CCCC2)CC1. The number of amidine groups is 1. The number of hydrogen-bond acceptors (Lipinski definition) is 5. The molecule has 0 atom stereocenters. The predicted octanol–water partition coefficient (Wildman–Crippen LogP) is 3.17. The highest BCUT2D eigenvalue weighted by Gasteiger charge is 2.36. The first-order valence-electron chi connectivity index (χ1n) is 12.3. The molecule has 0 radical (unpaired) electrons. The summed E-state index contributed by atoms with van der Waals surface area (Å²) in [7, 11) is -3.72. The van der Waals surface area contributed by atoms with Crippen molar-refractivity contribution in [2.24, 2.45) is 10.3 Å². The van der Waals surface area contributed by atoms with E-state index in [0.29, 0.717) is 48.7 Å². The molecule has 180 valence electrons. The minimum absolute atomic E-state index is 0.0164. The van der Waals surface area contributed by atoms with Crippen molar-refractivity contribution in [3.05, 3.63) is 41.0 Å². The molecule has 3 aliphatic rings. The van der Waals surface area contributed by atoms with Crippen molar-refractivity contribution in [3.63, 3.8) is 0 Å². The smallest absolute Gasteiger partial charge is 0.285 e. The molecule has 2 fully saturated rings. The van der Waals surface area contributed by atoms with E-state index in [1.807, 2.05) is 38.1 Å². The molecule has 1 aromatic rings. The molecule has 1 N–H and O–H groups in total. The summed E-state index contributed by atoms with van der Waals surface area (Å²) in [4.78, 5) is 17.5. The second-order valence-electron chi connectivity index (χ2n) is 9.37. The molecule has 3 aliphatic heterocycles. The van der Waals surface area contributed by atoms with Gasteiger partial charge in [-0.05, 0) is 70.6 Å². The first-order chi connectivity index (χ1) is 15.9. The van der Waals surface area contributed by atoms with E-state index in [1.54, 1.807) is 0 Å². The number of carbonyl (C=O) groups is 1. The summed E-state index contributed by atoms with van der Waals surface area (Å²) in [6.07, 6.45) is 5.60. The van der Waals surface area contributed by atoms with Gasteiger partial charge in [0.1, 0.15) is 10.7 Å². The van der Waals surface area contributed by atoms with Gasteiger partial charge in [-0.15, -0.1) is 4.40 Å². The van der Waals surface area contributed by atoms with E-state index >= 15 is 0 Å². The second-order valence-corrected chi connectivity index (χ2v) is 10.9. The molecule has 2 saturated heterocycles. The van der Waals surface area contributed by atoms with Crippen LogP contribution in [0, 0.1) is 12.8 Å². The van der Waals surface area contributed by atoms with Crippen LogP contribution in [0.15, 0.2) is 34.2 Å². The van der Waals surface area contributed by atoms with Gasteiger partial charge in [-0.1, -0.05) is 36.8 Å². The maximum absolute atomic E-state index is 12.9. The third-order valence-electron chi connectivity index (χ3n) is 6.99. The summed E-state index contributed by atoms with van der Waals surface area (Å²) in [5.41, 5.74) is 2.56. The highest BCUT2D eigenvalue weighted by Crippen LogP contribution is 2.36. The number of nitrogens with one attached hydrogen (secondary N) is 1. The van der Waals surface area contributed by atoms with Crippen molar-refractivity contribution in [1.29, 1.82) is 0 Å². The normalized spacial score (nSPS) is 21.5. The number of piperidine rings is 1. The van der Waals surface area contributed by atoms with Gasteiger partial charge in [-0.3, -0.25) is 4.79 Å². The molecule has 7 nitrogen and oxygen atoms in total. The number of likely N-dealkylation sites (tertiary alicyclic amines) is 2. The average molecular weight is 473 g/mol. The molecule has 0 aliphatic carbocycles. The summed E-state index contributed by atoms with van der Waals surface area (Å²) in [5.74, 6) is 0.679. The Morgan fingerprint density at radius 2 is 1.76 bits per heavy atom. The maximum Gasteiger partial charge on any atom is 0.285 e. The molecule has 33 heavy (non-hydrogen) atoms. The average Bonchev–Trinajstić information content (AvgIpc) is 3.42. The van der Waals surface area contributed by atoms with Gasteiger partial charge in [0.25, 0.3) is 10.0 Å². The second kappa shape index (κ2) is 10.4. The molecule has 0 saturated carbocycles. The van der Waals surface area contributed by atoms with Crippen LogP contribution in [0.4, 0.5) is 0 Å². The molecule has 0 unspecified atom stereocenters. The Balaban J connectivity index is 1.34. The van der Waals surface area contributed by atoms with E-state index in [1.165, 1.54) is 25.9 Å². The number of amides is 1. The number of benzene rings is 1. The minimum Gasteiger partial charge on any atom is -0.356 e. The zero-order chi connectivity index (χ0) is 23.4. The standard InChI is InChI=1S/C25H36N4O3S/c1-3-22-23(20-9-7-19(2)8-10-20)33(31,32)27-24(22)29-17-11-21(12-18-29)25(30)26-13-6-16-28-14-4-5-15-28/h7-10,21H,3-6,11-18H2,1-2H3,(H,26,30). The Kier molecular flexibility index (Phi) is 7.54. The lowest BCUT2D eigenvalue weighted by molar-refractivity contribution is -0.126. The lowest BCUT2D eigenvalue weighted by Gasteiger charge is -2.33. The number of rotatable bonds is 7. The van der Waals surface area contributed by atoms with E-state index < -0.39 is 10.0 Å². The zero-order valence-electron chi connectivity index (χ0n) is 19.8. The van der Waals surface area contributed by atoms with E-state index in [2.05, 4.69) is 19.5 Å². The van der Waals surface area contributed by atoms with Gasteiger partial charge in [-0.2, -0.15) is 8.42 Å². The fraction of sp³-hybridized carbons (Fsp3) is 0.600. The summed E-state index contributed by atoms with van der Waals surface area (Å²) >= 11 is 0. The van der Waals surface area contributed by atoms with Gasteiger partial charge < -0.3 is 15.1 Å². The fourth-order valence-corrected chi connectivity index (χ4v) is 6.61. The van der Waals surface area contributed by atoms with Crippen molar-refractivity contribution in [2.45, 2.75) is 52.4 Å². The largest absolute Gasteiger partial charge is 0.356 e. The number of sulfonamides is 1. The molecule has 0 bridgehead atoms. The van der Waals surface area contributed by atoms with E-state index in [-0.39, 0.29) is 11.8 Å². The van der Waals surface area contributed by atoms with Crippen LogP contribution in [-0.4, -0.2) is 69.2 Å². The van der Waals surface area contributed by atoms with Gasteiger partial charge in [0.2, 0.25) is 5.91 Å². The Morgan fingerprint density at radius 1 is 1.09 bits per heavy atom. The van der Waals surface area contributed by atoms with Crippen LogP contribution in [-0.2, 0) is 14.8 Å². The van der Waals surface area contributed by atoms with Gasteiger partial charge in [-0.25, -0.2) is 0 Å². The van der Waals surface area contributed by atoms with Crippen molar-refractivity contribution >= 4 is 26.7 Å². The van der Waals surface area contributed by atoms with Crippen LogP contribution in [0.1, 0.15) is 56.6 Å². The summed E-state index contributed by atoms with van der Waals surface area (Å²) in [5, 5.41) is 3.11. The first kappa shape index (κ1) is 24.0. The van der Waals surface area contributed by atoms with Crippen LogP contribution >= 0.6 is 0 Å². The Morgan fingerprint density at radius 3 is 2.39 bits per heavy atom. The molecular weight excluding hydrogens is 436 g/mol. The summed E-state index contributed by atoms with van der Waals surface area (Å²) in [6, 6.07) is 7.57. The quantitative estimate of drug-likeness (QED) is 0.617. The van der Waals surface area contributed by atoms with Crippen LogP contribution in [0.3, 0.4) is 0 Å². The lowest BCUT2D eigenvalue weighted by atomic mass is 9.94. The van der Waals surface area contributed by atoms with Crippen molar-refractivity contribution < 1.29 is 13.2 Å². The lowest BCUT2D eigenvalue weighted by Crippen LogP contribution is -2.43. The molecule has 0 spiro atoms. The monoisotopic (exact) mass is 472 g/mol. The Bertz CT molecular complexity index is 1020. The van der Waals surface area contributed by atoms with E-state index in [9.17, 15) is 13.2 Å². The molecule has 1 aromatic carbocycles. The summed E-state index contributed by atoms with van der Waals surface area (Å²) < 4.78 is 30.1. The van der Waals surface area contributed by atoms with Gasteiger partial charge in [0, 0.05) is 31.1 Å². The van der Waals surface area contributed by atoms with E-state index in [0.717, 1.165) is 30.6 Å². The summed E-state index contributed by atoms with van der Waals surface area (Å²) in [6.45, 7) is 9.40. The fourth-order valence-electron chi connectivity index (χ4n) is 5.09. The Labute approximate surface area is 198 Å². The third kappa shape index (κ3) is 5.49. The van der Waals surface area contributed by atoms with Crippen molar-refractivity contribution in [3.8, 4) is 0 Å². The highest BCUT2D eigenvalue weighted by molar-refractivity contribution is 8.00. The first-order valence-corrected chi connectivity index (χ1v) is 13.7. The van der Waals surface area contributed by atoms with E-state index in [4.69, 9.17) is 0 Å². The number of aryl methyl sites for hydroxylation is 1. The number of nitrogens with zero attached hydrogens (tertiary/aromatic N) is 3. The van der Waals surface area contributed by atoms with Crippen LogP contribution in [0.5, 0.6) is 0 Å². The molecule has 3 heterocycles. The molecule has 1 amide bonds. The molecule has 8 heteroatoms. The molecule has 0 aromatic heterocycles. The molecular formula is C25H36N4O3S. The highest BCUT2D eigenvalue weighted by atomic mass is 32.2.